The Hall–Kier alpha value is -0.580. The largest absolute Gasteiger partial charge is 0.308 e. The van der Waals surface area contributed by atoms with Crippen LogP contribution in [0.15, 0.2) is 0 Å². The summed E-state index contributed by atoms with van der Waals surface area (Å²) in [5.74, 6) is 0. The van der Waals surface area contributed by atoms with E-state index in [1.807, 2.05) is 11.7 Å². The summed E-state index contributed by atoms with van der Waals surface area (Å²) in [4.78, 5) is 2.54. The Morgan fingerprint density at radius 2 is 1.95 bits per heavy atom. The van der Waals surface area contributed by atoms with Gasteiger partial charge in [0.1, 0.15) is 0 Å². The lowest BCUT2D eigenvalue weighted by molar-refractivity contribution is 0.0228. The average Bonchev–Trinajstić information content (AvgIpc) is 2.71. The lowest BCUT2D eigenvalue weighted by atomic mass is 9.88. The molecule has 0 aliphatic carbocycles. The normalized spacial score (nSPS) is 26.2. The number of nitrogens with one attached hydrogen (secondary N) is 1. The van der Waals surface area contributed by atoms with Crippen LogP contribution >= 0.6 is 11.6 Å². The highest BCUT2D eigenvalue weighted by molar-refractivity contribution is 6.31. The van der Waals surface area contributed by atoms with Gasteiger partial charge in [-0.15, -0.1) is 0 Å². The Kier molecular flexibility index (Phi) is 4.72. The first-order valence-corrected chi connectivity index (χ1v) is 8.30. The van der Waals surface area contributed by atoms with Crippen LogP contribution in [-0.4, -0.2) is 38.8 Å². The Morgan fingerprint density at radius 1 is 1.29 bits per heavy atom. The van der Waals surface area contributed by atoms with Crippen molar-refractivity contribution in [3.8, 4) is 0 Å². The standard InChI is InChI=1S/C16H29ClN4/c1-7-12-14(17)13(20(6)19-12)9-21-11-16(5,8-2)18-10-15(21,3)4/h18H,7-11H2,1-6H3. The van der Waals surface area contributed by atoms with Crippen LogP contribution in [-0.2, 0) is 20.0 Å². The van der Waals surface area contributed by atoms with Crippen LogP contribution in [0.2, 0.25) is 5.02 Å². The fourth-order valence-electron chi connectivity index (χ4n) is 2.91. The van der Waals surface area contributed by atoms with Crippen molar-refractivity contribution >= 4 is 11.6 Å². The minimum Gasteiger partial charge on any atom is -0.308 e. The molecule has 0 bridgehead atoms. The van der Waals surface area contributed by atoms with Gasteiger partial charge in [-0.05, 0) is 33.6 Å². The van der Waals surface area contributed by atoms with Crippen LogP contribution < -0.4 is 5.32 Å². The predicted molar refractivity (Wildman–Crippen MR) is 88.8 cm³/mol. The zero-order valence-electron chi connectivity index (χ0n) is 14.3. The molecule has 0 spiro atoms. The van der Waals surface area contributed by atoms with Crippen molar-refractivity contribution < 1.29 is 0 Å². The van der Waals surface area contributed by atoms with Crippen molar-refractivity contribution in [1.82, 2.24) is 20.0 Å². The van der Waals surface area contributed by atoms with E-state index in [4.69, 9.17) is 11.6 Å². The smallest absolute Gasteiger partial charge is 0.0863 e. The summed E-state index contributed by atoms with van der Waals surface area (Å²) in [5.41, 5.74) is 2.42. The van der Waals surface area contributed by atoms with E-state index in [9.17, 15) is 0 Å². The van der Waals surface area contributed by atoms with E-state index in [2.05, 4.69) is 49.9 Å². The average molecular weight is 313 g/mol. The van der Waals surface area contributed by atoms with Crippen molar-refractivity contribution in [2.75, 3.05) is 13.1 Å². The number of hydrogen-bond donors (Lipinski definition) is 1. The maximum absolute atomic E-state index is 6.52. The molecule has 2 heterocycles. The molecule has 5 heteroatoms. The van der Waals surface area contributed by atoms with Crippen LogP contribution in [0.25, 0.3) is 0 Å². The van der Waals surface area contributed by atoms with Crippen molar-refractivity contribution in [1.29, 1.82) is 0 Å². The van der Waals surface area contributed by atoms with Gasteiger partial charge in [-0.1, -0.05) is 25.4 Å². The van der Waals surface area contributed by atoms with Crippen LogP contribution in [0.3, 0.4) is 0 Å². The summed E-state index contributed by atoms with van der Waals surface area (Å²) in [6.45, 7) is 14.1. The number of hydrogen-bond acceptors (Lipinski definition) is 3. The molecule has 21 heavy (non-hydrogen) atoms. The van der Waals surface area contributed by atoms with Gasteiger partial charge < -0.3 is 5.32 Å². The highest BCUT2D eigenvalue weighted by atomic mass is 35.5. The zero-order valence-corrected chi connectivity index (χ0v) is 15.0. The highest BCUT2D eigenvalue weighted by Crippen LogP contribution is 2.30. The molecule has 0 saturated carbocycles. The van der Waals surface area contributed by atoms with Gasteiger partial charge in [0.25, 0.3) is 0 Å². The van der Waals surface area contributed by atoms with Gasteiger partial charge in [-0.3, -0.25) is 9.58 Å². The second kappa shape index (κ2) is 5.90. The van der Waals surface area contributed by atoms with Gasteiger partial charge in [-0.25, -0.2) is 0 Å². The second-order valence-electron chi connectivity index (χ2n) is 7.12. The minimum atomic E-state index is 0.120. The first kappa shape index (κ1) is 16.8. The molecule has 1 aromatic rings. The molecule has 4 nitrogen and oxygen atoms in total. The summed E-state index contributed by atoms with van der Waals surface area (Å²) in [6.07, 6.45) is 2.00. The van der Waals surface area contributed by atoms with E-state index in [0.29, 0.717) is 0 Å². The molecule has 1 aromatic heterocycles. The molecule has 0 amide bonds. The lowest BCUT2D eigenvalue weighted by Crippen LogP contribution is -2.66. The molecule has 120 valence electrons. The van der Waals surface area contributed by atoms with E-state index in [1.165, 1.54) is 0 Å². The third-order valence-corrected chi connectivity index (χ3v) is 5.40. The number of rotatable bonds is 4. The molecular formula is C16H29ClN4. The molecule has 1 N–H and O–H groups in total. The minimum absolute atomic E-state index is 0.120. The summed E-state index contributed by atoms with van der Waals surface area (Å²) < 4.78 is 1.95. The van der Waals surface area contributed by atoms with E-state index in [1.54, 1.807) is 0 Å². The first-order valence-electron chi connectivity index (χ1n) is 7.93. The maximum Gasteiger partial charge on any atom is 0.0863 e. The van der Waals surface area contributed by atoms with Crippen molar-refractivity contribution in [2.45, 2.75) is 65.1 Å². The fraction of sp³-hybridized carbons (Fsp3) is 0.812. The molecule has 2 rings (SSSR count). The Bertz CT molecular complexity index is 509. The molecule has 1 aliphatic heterocycles. The first-order chi connectivity index (χ1) is 9.72. The molecule has 1 fully saturated rings. The van der Waals surface area contributed by atoms with Crippen molar-refractivity contribution in [3.05, 3.63) is 16.4 Å². The van der Waals surface area contributed by atoms with Crippen LogP contribution in [0.4, 0.5) is 0 Å². The van der Waals surface area contributed by atoms with Crippen LogP contribution in [0.1, 0.15) is 52.4 Å². The summed E-state index contributed by atoms with van der Waals surface area (Å²) in [5, 5.41) is 9.08. The number of aromatic nitrogens is 2. The Morgan fingerprint density at radius 3 is 2.48 bits per heavy atom. The number of piperazine rings is 1. The van der Waals surface area contributed by atoms with Crippen molar-refractivity contribution in [2.24, 2.45) is 7.05 Å². The van der Waals surface area contributed by atoms with Gasteiger partial charge in [0, 0.05) is 37.8 Å². The third kappa shape index (κ3) is 3.27. The molecular weight excluding hydrogens is 284 g/mol. The lowest BCUT2D eigenvalue weighted by Gasteiger charge is -2.50. The topological polar surface area (TPSA) is 33.1 Å². The summed E-state index contributed by atoms with van der Waals surface area (Å²) in [7, 11) is 1.99. The SMILES string of the molecule is CCc1nn(C)c(CN2CC(C)(CC)NCC2(C)C)c1Cl. The fourth-order valence-corrected chi connectivity index (χ4v) is 3.27. The molecule has 1 atom stereocenters. The van der Waals surface area contributed by atoms with Gasteiger partial charge in [-0.2, -0.15) is 5.10 Å². The summed E-state index contributed by atoms with van der Waals surface area (Å²) in [6, 6.07) is 0. The molecule has 0 radical (unpaired) electrons. The predicted octanol–water partition coefficient (Wildman–Crippen LogP) is 2.99. The summed E-state index contributed by atoms with van der Waals surface area (Å²) >= 11 is 6.52. The van der Waals surface area contributed by atoms with Crippen LogP contribution in [0, 0.1) is 0 Å². The number of nitrogens with zero attached hydrogens (tertiary/aromatic N) is 3. The zero-order chi connectivity index (χ0) is 15.8. The van der Waals surface area contributed by atoms with E-state index in [0.717, 1.165) is 48.9 Å². The second-order valence-corrected chi connectivity index (χ2v) is 7.50. The van der Waals surface area contributed by atoms with E-state index < -0.39 is 0 Å². The molecule has 0 aromatic carbocycles. The third-order valence-electron chi connectivity index (χ3n) is 4.97. The van der Waals surface area contributed by atoms with Gasteiger partial charge >= 0.3 is 0 Å². The number of halogens is 1. The van der Waals surface area contributed by atoms with Crippen molar-refractivity contribution in [3.63, 3.8) is 0 Å². The number of aryl methyl sites for hydroxylation is 2. The highest BCUT2D eigenvalue weighted by Gasteiger charge is 2.39. The molecule has 1 aliphatic rings. The maximum atomic E-state index is 6.52. The Balaban J connectivity index is 2.26. The Labute approximate surface area is 133 Å². The molecule has 1 unspecified atom stereocenters. The monoisotopic (exact) mass is 312 g/mol. The van der Waals surface area contributed by atoms with Crippen LogP contribution in [0.5, 0.6) is 0 Å². The molecule has 1 saturated heterocycles. The van der Waals surface area contributed by atoms with Gasteiger partial charge in [0.15, 0.2) is 0 Å². The van der Waals surface area contributed by atoms with Gasteiger partial charge in [0.2, 0.25) is 0 Å². The van der Waals surface area contributed by atoms with E-state index in [-0.39, 0.29) is 11.1 Å². The quantitative estimate of drug-likeness (QED) is 0.928. The van der Waals surface area contributed by atoms with Gasteiger partial charge in [0.05, 0.1) is 16.4 Å². The van der Waals surface area contributed by atoms with E-state index >= 15 is 0 Å².